The average molecular weight is 387 g/mol. The number of para-hydroxylation sites is 1. The molecule has 3 N–H and O–H groups in total. The summed E-state index contributed by atoms with van der Waals surface area (Å²) in [5, 5.41) is 22.6. The molecule has 1 aromatic carbocycles. The van der Waals surface area contributed by atoms with E-state index < -0.39 is 35.2 Å². The van der Waals surface area contributed by atoms with Gasteiger partial charge in [-0.25, -0.2) is 4.79 Å². The molecule has 0 saturated carbocycles. The smallest absolute Gasteiger partial charge is 0.418 e. The number of halogens is 3. The van der Waals surface area contributed by atoms with Crippen molar-refractivity contribution in [1.29, 1.82) is 5.26 Å². The van der Waals surface area contributed by atoms with Crippen molar-refractivity contribution in [2.75, 3.05) is 17.3 Å². The number of carboxylic acids is 1. The van der Waals surface area contributed by atoms with Crippen LogP contribution in [0.3, 0.4) is 0 Å². The number of aliphatic carboxylic acids is 1. The Hall–Kier alpha value is -2.67. The number of thioether (sulfide) groups is 1. The molecule has 1 aromatic rings. The summed E-state index contributed by atoms with van der Waals surface area (Å²) in [6.07, 6.45) is -1.89. The lowest BCUT2D eigenvalue weighted by Gasteiger charge is -2.14. The number of benzene rings is 1. The highest BCUT2D eigenvalue weighted by atomic mass is 32.2. The van der Waals surface area contributed by atoms with Crippen LogP contribution in [0.15, 0.2) is 36.0 Å². The summed E-state index contributed by atoms with van der Waals surface area (Å²) in [6, 6.07) is 4.90. The zero-order valence-electron chi connectivity index (χ0n) is 13.6. The molecule has 0 aliphatic carbocycles. The van der Waals surface area contributed by atoms with Gasteiger partial charge in [-0.1, -0.05) is 12.1 Å². The van der Waals surface area contributed by atoms with E-state index in [9.17, 15) is 22.8 Å². The Morgan fingerprint density at radius 3 is 2.58 bits per heavy atom. The highest BCUT2D eigenvalue weighted by Crippen LogP contribution is 2.34. The van der Waals surface area contributed by atoms with Crippen molar-refractivity contribution in [1.82, 2.24) is 5.32 Å². The number of amides is 1. The monoisotopic (exact) mass is 387 g/mol. The topological polar surface area (TPSA) is 102 Å². The van der Waals surface area contributed by atoms with Gasteiger partial charge in [-0.05, 0) is 30.6 Å². The third-order valence-electron chi connectivity index (χ3n) is 3.18. The number of hydrogen-bond acceptors (Lipinski definition) is 5. The van der Waals surface area contributed by atoms with Gasteiger partial charge in [0.25, 0.3) is 5.91 Å². The van der Waals surface area contributed by atoms with Crippen LogP contribution < -0.4 is 10.6 Å². The summed E-state index contributed by atoms with van der Waals surface area (Å²) in [7, 11) is 0. The van der Waals surface area contributed by atoms with Gasteiger partial charge in [0, 0.05) is 6.20 Å². The van der Waals surface area contributed by atoms with Crippen molar-refractivity contribution < 1.29 is 27.9 Å². The Labute approximate surface area is 152 Å². The number of anilines is 1. The zero-order valence-corrected chi connectivity index (χ0v) is 14.4. The molecule has 1 amide bonds. The van der Waals surface area contributed by atoms with Crippen molar-refractivity contribution in [2.45, 2.75) is 18.6 Å². The van der Waals surface area contributed by atoms with E-state index in [0.29, 0.717) is 5.75 Å². The Bertz CT molecular complexity index is 729. The van der Waals surface area contributed by atoms with Crippen molar-refractivity contribution in [3.05, 3.63) is 41.6 Å². The molecular weight excluding hydrogens is 371 g/mol. The number of carbonyl (C=O) groups is 2. The maximum absolute atomic E-state index is 12.9. The molecule has 0 radical (unpaired) electrons. The number of nitriles is 1. The maximum atomic E-state index is 12.9. The van der Waals surface area contributed by atoms with Crippen molar-refractivity contribution in [3.8, 4) is 6.07 Å². The molecule has 1 atom stereocenters. The second-order valence-corrected chi connectivity index (χ2v) is 5.99. The lowest BCUT2D eigenvalue weighted by Crippen LogP contribution is -2.41. The number of rotatable bonds is 8. The zero-order chi connectivity index (χ0) is 19.7. The van der Waals surface area contributed by atoms with E-state index in [1.807, 2.05) is 0 Å². The van der Waals surface area contributed by atoms with E-state index in [1.54, 1.807) is 6.26 Å². The van der Waals surface area contributed by atoms with Gasteiger partial charge < -0.3 is 15.7 Å². The molecule has 6 nitrogen and oxygen atoms in total. The molecule has 140 valence electrons. The fourth-order valence-electron chi connectivity index (χ4n) is 1.88. The predicted octanol–water partition coefficient (Wildman–Crippen LogP) is 2.85. The molecule has 0 aliphatic rings. The van der Waals surface area contributed by atoms with Gasteiger partial charge in [0.05, 0.1) is 11.3 Å². The number of nitrogens with zero attached hydrogens (tertiary/aromatic N) is 1. The van der Waals surface area contributed by atoms with Crippen LogP contribution in [0.2, 0.25) is 0 Å². The average Bonchev–Trinajstić information content (AvgIpc) is 2.58. The van der Waals surface area contributed by atoms with Gasteiger partial charge in [0.2, 0.25) is 0 Å². The first kappa shape index (κ1) is 21.4. The van der Waals surface area contributed by atoms with E-state index in [4.69, 9.17) is 10.4 Å². The molecule has 10 heteroatoms. The second-order valence-electron chi connectivity index (χ2n) is 5.00. The molecule has 0 aromatic heterocycles. The van der Waals surface area contributed by atoms with E-state index in [0.717, 1.165) is 18.3 Å². The lowest BCUT2D eigenvalue weighted by molar-refractivity contribution is -0.141. The van der Waals surface area contributed by atoms with Crippen LogP contribution in [-0.2, 0) is 15.8 Å². The van der Waals surface area contributed by atoms with Crippen LogP contribution in [-0.4, -0.2) is 35.0 Å². The van der Waals surface area contributed by atoms with E-state index in [2.05, 4.69) is 10.6 Å². The molecule has 0 heterocycles. The second kappa shape index (κ2) is 9.72. The Morgan fingerprint density at radius 2 is 2.04 bits per heavy atom. The van der Waals surface area contributed by atoms with Gasteiger partial charge in [-0.2, -0.15) is 30.2 Å². The van der Waals surface area contributed by atoms with Crippen molar-refractivity contribution >= 4 is 29.3 Å². The fraction of sp³-hybridized carbons (Fsp3) is 0.312. The summed E-state index contributed by atoms with van der Waals surface area (Å²) in [5.41, 5.74) is -1.84. The van der Waals surface area contributed by atoms with Crippen LogP contribution >= 0.6 is 11.8 Å². The largest absolute Gasteiger partial charge is 0.480 e. The fourth-order valence-corrected chi connectivity index (χ4v) is 2.36. The summed E-state index contributed by atoms with van der Waals surface area (Å²) in [6.45, 7) is 0. The van der Waals surface area contributed by atoms with Crippen molar-refractivity contribution in [2.24, 2.45) is 0 Å². The van der Waals surface area contributed by atoms with E-state index in [1.165, 1.54) is 30.0 Å². The Morgan fingerprint density at radius 1 is 1.38 bits per heavy atom. The first-order valence-corrected chi connectivity index (χ1v) is 8.65. The SMILES string of the molecule is CSCCC(NC(=O)/C(C#N)=C\Nc1ccccc1C(F)(F)F)C(=O)O. The van der Waals surface area contributed by atoms with E-state index in [-0.39, 0.29) is 12.1 Å². The predicted molar refractivity (Wildman–Crippen MR) is 91.3 cm³/mol. The van der Waals surface area contributed by atoms with Gasteiger partial charge in [0.15, 0.2) is 0 Å². The van der Waals surface area contributed by atoms with Crippen LogP contribution in [0.4, 0.5) is 18.9 Å². The van der Waals surface area contributed by atoms with E-state index >= 15 is 0 Å². The third-order valence-corrected chi connectivity index (χ3v) is 3.83. The molecule has 0 aliphatic heterocycles. The Balaban J connectivity index is 2.94. The van der Waals surface area contributed by atoms with Crippen molar-refractivity contribution in [3.63, 3.8) is 0 Å². The minimum Gasteiger partial charge on any atom is -0.480 e. The molecule has 1 rings (SSSR count). The van der Waals surface area contributed by atoms with Crippen LogP contribution in [0.25, 0.3) is 0 Å². The summed E-state index contributed by atoms with van der Waals surface area (Å²) in [5.74, 6) is -1.78. The molecule has 0 fully saturated rings. The van der Waals surface area contributed by atoms with Gasteiger partial charge in [0.1, 0.15) is 17.7 Å². The summed E-state index contributed by atoms with van der Waals surface area (Å²) >= 11 is 1.39. The number of hydrogen-bond donors (Lipinski definition) is 3. The van der Waals surface area contributed by atoms with Crippen LogP contribution in [0.1, 0.15) is 12.0 Å². The quantitative estimate of drug-likeness (QED) is 0.468. The molecule has 0 spiro atoms. The molecule has 0 bridgehead atoms. The number of nitrogens with one attached hydrogen (secondary N) is 2. The molecule has 1 unspecified atom stereocenters. The highest BCUT2D eigenvalue weighted by molar-refractivity contribution is 7.98. The highest BCUT2D eigenvalue weighted by Gasteiger charge is 2.33. The number of carbonyl (C=O) groups excluding carboxylic acids is 1. The standard InChI is InChI=1S/C16H16F3N3O3S/c1-26-7-6-13(15(24)25)22-14(23)10(8-20)9-21-12-5-3-2-4-11(12)16(17,18)19/h2-5,9,13,21H,6-7H2,1H3,(H,22,23)(H,24,25)/b10-9-. The molecule has 26 heavy (non-hydrogen) atoms. The van der Waals surface area contributed by atoms with Gasteiger partial charge in [-0.15, -0.1) is 0 Å². The normalized spacial score (nSPS) is 12.8. The summed E-state index contributed by atoms with van der Waals surface area (Å²) < 4.78 is 38.8. The minimum atomic E-state index is -4.61. The van der Waals surface area contributed by atoms with Gasteiger partial charge >= 0.3 is 12.1 Å². The van der Waals surface area contributed by atoms with Crippen LogP contribution in [0.5, 0.6) is 0 Å². The van der Waals surface area contributed by atoms with Crippen LogP contribution in [0, 0.1) is 11.3 Å². The lowest BCUT2D eigenvalue weighted by atomic mass is 10.1. The molecular formula is C16H16F3N3O3S. The third kappa shape index (κ3) is 6.33. The number of carboxylic acid groups (broad SMARTS) is 1. The Kier molecular flexibility index (Phi) is 7.99. The number of alkyl halides is 3. The maximum Gasteiger partial charge on any atom is 0.418 e. The minimum absolute atomic E-state index is 0.144. The molecule has 0 saturated heterocycles. The first-order chi connectivity index (χ1) is 12.2. The summed E-state index contributed by atoms with van der Waals surface area (Å²) in [4.78, 5) is 23.1. The first-order valence-electron chi connectivity index (χ1n) is 7.26. The van der Waals surface area contributed by atoms with Gasteiger partial charge in [-0.3, -0.25) is 4.79 Å².